The molecule has 0 aliphatic heterocycles. The van der Waals surface area contributed by atoms with Crippen molar-refractivity contribution < 1.29 is 4.79 Å². The van der Waals surface area contributed by atoms with Crippen LogP contribution in [0.3, 0.4) is 0 Å². The molecule has 2 aromatic carbocycles. The first-order valence-corrected chi connectivity index (χ1v) is 7.90. The number of amides is 2. The fraction of sp³-hybridized carbons (Fsp3) is 0.316. The van der Waals surface area contributed by atoms with Crippen LogP contribution in [0.1, 0.15) is 24.5 Å². The number of hydrogen-bond acceptors (Lipinski definition) is 1. The van der Waals surface area contributed by atoms with Crippen molar-refractivity contribution in [1.82, 2.24) is 10.2 Å². The lowest BCUT2D eigenvalue weighted by Crippen LogP contribution is -2.39. The van der Waals surface area contributed by atoms with E-state index in [0.29, 0.717) is 19.6 Å². The topological polar surface area (TPSA) is 32.3 Å². The summed E-state index contributed by atoms with van der Waals surface area (Å²) in [6.45, 7) is 4.08. The maximum atomic E-state index is 12.2. The van der Waals surface area contributed by atoms with E-state index < -0.39 is 0 Å². The minimum Gasteiger partial charge on any atom is -0.338 e. The molecule has 0 aromatic heterocycles. The molecule has 0 bridgehead atoms. The minimum atomic E-state index is 0.0133. The van der Waals surface area contributed by atoms with E-state index >= 15 is 0 Å². The van der Waals surface area contributed by atoms with Gasteiger partial charge in [-0.2, -0.15) is 0 Å². The molecule has 0 saturated carbocycles. The van der Waals surface area contributed by atoms with Gasteiger partial charge < -0.3 is 10.2 Å². The summed E-state index contributed by atoms with van der Waals surface area (Å²) in [5.41, 5.74) is 2.47. The lowest BCUT2D eigenvalue weighted by molar-refractivity contribution is 0.198. The van der Waals surface area contributed by atoms with Gasteiger partial charge in [0.05, 0.1) is 0 Å². The molecule has 0 saturated heterocycles. The van der Waals surface area contributed by atoms with Crippen LogP contribution in [0, 0.1) is 0 Å². The van der Waals surface area contributed by atoms with E-state index in [4.69, 9.17) is 0 Å². The Morgan fingerprint density at radius 2 is 1.55 bits per heavy atom. The van der Waals surface area contributed by atoms with Gasteiger partial charge in [0.2, 0.25) is 0 Å². The number of benzene rings is 2. The summed E-state index contributed by atoms with van der Waals surface area (Å²) in [4.78, 5) is 14.0. The number of nitrogens with one attached hydrogen (secondary N) is 1. The van der Waals surface area contributed by atoms with Gasteiger partial charge >= 0.3 is 6.03 Å². The van der Waals surface area contributed by atoms with Crippen LogP contribution < -0.4 is 5.32 Å². The van der Waals surface area contributed by atoms with Gasteiger partial charge in [0.15, 0.2) is 0 Å². The number of nitrogens with zero attached hydrogens (tertiary/aromatic N) is 1. The number of aryl methyl sites for hydroxylation is 1. The molecule has 0 unspecified atom stereocenters. The number of rotatable bonds is 7. The molecule has 2 amide bonds. The second-order valence-corrected chi connectivity index (χ2v) is 5.32. The Hall–Kier alpha value is -2.29. The van der Waals surface area contributed by atoms with E-state index in [1.807, 2.05) is 60.4 Å². The molecule has 0 fully saturated rings. The molecule has 0 radical (unpaired) electrons. The van der Waals surface area contributed by atoms with Crippen molar-refractivity contribution in [3.63, 3.8) is 0 Å². The summed E-state index contributed by atoms with van der Waals surface area (Å²) >= 11 is 0. The third-order valence-electron chi connectivity index (χ3n) is 3.65. The third-order valence-corrected chi connectivity index (χ3v) is 3.65. The van der Waals surface area contributed by atoms with E-state index in [-0.39, 0.29) is 6.03 Å². The highest BCUT2D eigenvalue weighted by Crippen LogP contribution is 2.05. The summed E-state index contributed by atoms with van der Waals surface area (Å²) in [5.74, 6) is 0. The van der Waals surface area contributed by atoms with Crippen LogP contribution in [-0.4, -0.2) is 24.0 Å². The van der Waals surface area contributed by atoms with Crippen LogP contribution >= 0.6 is 0 Å². The van der Waals surface area contributed by atoms with Crippen molar-refractivity contribution in [2.45, 2.75) is 26.3 Å². The molecule has 116 valence electrons. The molecule has 0 heterocycles. The summed E-state index contributed by atoms with van der Waals surface area (Å²) in [7, 11) is 0. The average Bonchev–Trinajstić information content (AvgIpc) is 2.58. The van der Waals surface area contributed by atoms with Crippen molar-refractivity contribution in [3.8, 4) is 0 Å². The van der Waals surface area contributed by atoms with Crippen LogP contribution in [0.2, 0.25) is 0 Å². The molecule has 22 heavy (non-hydrogen) atoms. The molecule has 3 heteroatoms. The van der Waals surface area contributed by atoms with Crippen LogP contribution in [0.4, 0.5) is 4.79 Å². The van der Waals surface area contributed by atoms with Crippen molar-refractivity contribution in [2.75, 3.05) is 13.1 Å². The number of carbonyl (C=O) groups excluding carboxylic acids is 1. The van der Waals surface area contributed by atoms with Gasteiger partial charge in [0.25, 0.3) is 0 Å². The SMILES string of the molecule is CCN(Cc1ccccc1)C(=O)NCCCc1ccccc1. The summed E-state index contributed by atoms with van der Waals surface area (Å²) in [6.07, 6.45) is 1.95. The van der Waals surface area contributed by atoms with Gasteiger partial charge in [-0.25, -0.2) is 4.79 Å². The monoisotopic (exact) mass is 296 g/mol. The van der Waals surface area contributed by atoms with Crippen LogP contribution in [0.15, 0.2) is 60.7 Å². The first-order chi connectivity index (χ1) is 10.8. The van der Waals surface area contributed by atoms with E-state index in [1.165, 1.54) is 5.56 Å². The predicted octanol–water partition coefficient (Wildman–Crippen LogP) is 3.85. The van der Waals surface area contributed by atoms with Gasteiger partial charge in [-0.1, -0.05) is 60.7 Å². The fourth-order valence-corrected chi connectivity index (χ4v) is 2.38. The second kappa shape index (κ2) is 8.88. The molecular formula is C19H24N2O. The number of carbonyl (C=O) groups is 1. The Labute approximate surface area is 133 Å². The summed E-state index contributed by atoms with van der Waals surface area (Å²) < 4.78 is 0. The maximum Gasteiger partial charge on any atom is 0.317 e. The second-order valence-electron chi connectivity index (χ2n) is 5.32. The van der Waals surface area contributed by atoms with Gasteiger partial charge in [0, 0.05) is 19.6 Å². The fourth-order valence-electron chi connectivity index (χ4n) is 2.38. The molecule has 0 spiro atoms. The van der Waals surface area contributed by atoms with Crippen LogP contribution in [0.25, 0.3) is 0 Å². The molecule has 2 rings (SSSR count). The predicted molar refractivity (Wildman–Crippen MR) is 90.7 cm³/mol. The van der Waals surface area contributed by atoms with E-state index in [0.717, 1.165) is 18.4 Å². The van der Waals surface area contributed by atoms with Crippen LogP contribution in [-0.2, 0) is 13.0 Å². The first kappa shape index (κ1) is 16.1. The first-order valence-electron chi connectivity index (χ1n) is 7.90. The van der Waals surface area contributed by atoms with Crippen LogP contribution in [0.5, 0.6) is 0 Å². The standard InChI is InChI=1S/C19H24N2O/c1-2-21(16-18-12-7-4-8-13-18)19(22)20-15-9-14-17-10-5-3-6-11-17/h3-8,10-13H,2,9,14-16H2,1H3,(H,20,22). The lowest BCUT2D eigenvalue weighted by atomic mass is 10.1. The van der Waals surface area contributed by atoms with Gasteiger partial charge in [-0.3, -0.25) is 0 Å². The normalized spacial score (nSPS) is 10.2. The van der Waals surface area contributed by atoms with Crippen molar-refractivity contribution in [1.29, 1.82) is 0 Å². The van der Waals surface area contributed by atoms with Gasteiger partial charge in [0.1, 0.15) is 0 Å². The quantitative estimate of drug-likeness (QED) is 0.773. The van der Waals surface area contributed by atoms with Gasteiger partial charge in [-0.15, -0.1) is 0 Å². The molecule has 2 aromatic rings. The molecular weight excluding hydrogens is 272 g/mol. The highest BCUT2D eigenvalue weighted by atomic mass is 16.2. The zero-order chi connectivity index (χ0) is 15.6. The van der Waals surface area contributed by atoms with E-state index in [2.05, 4.69) is 17.4 Å². The largest absolute Gasteiger partial charge is 0.338 e. The molecule has 0 aliphatic carbocycles. The van der Waals surface area contributed by atoms with Crippen molar-refractivity contribution >= 4 is 6.03 Å². The Bertz CT molecular complexity index is 554. The Morgan fingerprint density at radius 3 is 2.14 bits per heavy atom. The minimum absolute atomic E-state index is 0.0133. The average molecular weight is 296 g/mol. The maximum absolute atomic E-state index is 12.2. The van der Waals surface area contributed by atoms with Crippen molar-refractivity contribution in [2.24, 2.45) is 0 Å². The number of urea groups is 1. The van der Waals surface area contributed by atoms with Crippen molar-refractivity contribution in [3.05, 3.63) is 71.8 Å². The smallest absolute Gasteiger partial charge is 0.317 e. The Morgan fingerprint density at radius 1 is 0.955 bits per heavy atom. The lowest BCUT2D eigenvalue weighted by Gasteiger charge is -2.21. The summed E-state index contributed by atoms with van der Waals surface area (Å²) in [5, 5.41) is 3.01. The molecule has 1 N–H and O–H groups in total. The summed E-state index contributed by atoms with van der Waals surface area (Å²) in [6, 6.07) is 20.5. The molecule has 0 aliphatic rings. The van der Waals surface area contributed by atoms with Gasteiger partial charge in [-0.05, 0) is 30.9 Å². The molecule has 0 atom stereocenters. The Kier molecular flexibility index (Phi) is 6.49. The molecule has 3 nitrogen and oxygen atoms in total. The zero-order valence-electron chi connectivity index (χ0n) is 13.2. The highest BCUT2D eigenvalue weighted by Gasteiger charge is 2.10. The number of hydrogen-bond donors (Lipinski definition) is 1. The Balaban J connectivity index is 1.73. The zero-order valence-corrected chi connectivity index (χ0v) is 13.2. The highest BCUT2D eigenvalue weighted by molar-refractivity contribution is 5.74. The van der Waals surface area contributed by atoms with E-state index in [9.17, 15) is 4.79 Å². The van der Waals surface area contributed by atoms with E-state index in [1.54, 1.807) is 0 Å². The third kappa shape index (κ3) is 5.24.